The standard InChI is InChI=1S/C31H46N8O3/c1-31(14-17-38(18-15-31)23-7-4-5-8-23)21-10-12-22(13-11-21)34-29-27(28(32)41)33-19-26(36-29)39-16-6-9-24(25(39)20-40)35-30(42)37(2)3/h10-13,19,23-25,40H,4-9,14-18,20H2,1-3H3,(H2,32,41)(H,34,36)(H,35,42)/t24-,25+/m0/s1. The molecule has 3 amide bonds. The van der Waals surface area contributed by atoms with Gasteiger partial charge in [-0.2, -0.15) is 0 Å². The molecule has 2 aliphatic heterocycles. The summed E-state index contributed by atoms with van der Waals surface area (Å²) >= 11 is 0. The Balaban J connectivity index is 1.31. The van der Waals surface area contributed by atoms with Crippen molar-refractivity contribution >= 4 is 29.3 Å². The van der Waals surface area contributed by atoms with Crippen LogP contribution < -0.4 is 21.3 Å². The minimum atomic E-state index is -0.678. The second-order valence-corrected chi connectivity index (χ2v) is 12.6. The summed E-state index contributed by atoms with van der Waals surface area (Å²) in [6, 6.07) is 8.29. The van der Waals surface area contributed by atoms with Crippen LogP contribution in [0.5, 0.6) is 0 Å². The van der Waals surface area contributed by atoms with Crippen molar-refractivity contribution in [3.63, 3.8) is 0 Å². The van der Waals surface area contributed by atoms with Crippen LogP contribution in [0, 0.1) is 0 Å². The van der Waals surface area contributed by atoms with E-state index in [0.717, 1.165) is 50.5 Å². The van der Waals surface area contributed by atoms with E-state index in [2.05, 4.69) is 39.6 Å². The molecular formula is C31H46N8O3. The lowest BCUT2D eigenvalue weighted by atomic mass is 9.74. The summed E-state index contributed by atoms with van der Waals surface area (Å²) in [5.41, 5.74) is 7.95. The van der Waals surface area contributed by atoms with Crippen molar-refractivity contribution < 1.29 is 14.7 Å². The molecule has 11 nitrogen and oxygen atoms in total. The average Bonchev–Trinajstić information content (AvgIpc) is 3.53. The fraction of sp³-hybridized carbons (Fsp3) is 0.613. The third kappa shape index (κ3) is 6.47. The molecule has 0 unspecified atom stereocenters. The molecule has 1 aromatic carbocycles. The summed E-state index contributed by atoms with van der Waals surface area (Å²) in [7, 11) is 3.37. The number of nitrogens with one attached hydrogen (secondary N) is 2. The summed E-state index contributed by atoms with van der Waals surface area (Å²) in [4.78, 5) is 39.8. The number of aliphatic hydroxyl groups excluding tert-OH is 1. The lowest BCUT2D eigenvalue weighted by molar-refractivity contribution is 0.0996. The molecule has 1 aliphatic carbocycles. The highest BCUT2D eigenvalue weighted by atomic mass is 16.3. The number of piperidine rings is 2. The number of aromatic nitrogens is 2. The van der Waals surface area contributed by atoms with Crippen LogP contribution in [0.3, 0.4) is 0 Å². The van der Waals surface area contributed by atoms with Gasteiger partial charge in [-0.1, -0.05) is 31.9 Å². The Labute approximate surface area is 248 Å². The van der Waals surface area contributed by atoms with Gasteiger partial charge >= 0.3 is 6.03 Å². The zero-order valence-electron chi connectivity index (χ0n) is 25.2. The van der Waals surface area contributed by atoms with Crippen LogP contribution in [0.15, 0.2) is 30.5 Å². The van der Waals surface area contributed by atoms with E-state index in [1.807, 2.05) is 17.0 Å². The van der Waals surface area contributed by atoms with Gasteiger partial charge < -0.3 is 36.2 Å². The predicted octanol–water partition coefficient (Wildman–Crippen LogP) is 3.22. The van der Waals surface area contributed by atoms with Crippen LogP contribution >= 0.6 is 0 Å². The molecule has 1 aromatic heterocycles. The predicted molar refractivity (Wildman–Crippen MR) is 164 cm³/mol. The Kier molecular flexibility index (Phi) is 9.17. The molecule has 228 valence electrons. The van der Waals surface area contributed by atoms with Crippen LogP contribution in [0.2, 0.25) is 0 Å². The van der Waals surface area contributed by atoms with Crippen molar-refractivity contribution in [2.45, 2.75) is 81.8 Å². The highest BCUT2D eigenvalue weighted by molar-refractivity contribution is 5.96. The number of aliphatic hydroxyl groups is 1. The average molecular weight is 579 g/mol. The van der Waals surface area contributed by atoms with Gasteiger partial charge in [0.1, 0.15) is 5.82 Å². The second-order valence-electron chi connectivity index (χ2n) is 12.6. The first-order chi connectivity index (χ1) is 20.2. The van der Waals surface area contributed by atoms with Crippen molar-refractivity contribution in [2.24, 2.45) is 5.73 Å². The minimum absolute atomic E-state index is 0.0455. The number of hydrogen-bond acceptors (Lipinski definition) is 8. The molecular weight excluding hydrogens is 532 g/mol. The summed E-state index contributed by atoms with van der Waals surface area (Å²) in [5, 5.41) is 16.5. The Morgan fingerprint density at radius 1 is 1.07 bits per heavy atom. The Hall–Kier alpha value is -3.44. The van der Waals surface area contributed by atoms with Crippen molar-refractivity contribution in [2.75, 3.05) is 50.6 Å². The number of carbonyl (C=O) groups is 2. The number of nitrogens with two attached hydrogens (primary N) is 1. The van der Waals surface area contributed by atoms with Gasteiger partial charge in [0.2, 0.25) is 0 Å². The Morgan fingerprint density at radius 3 is 2.38 bits per heavy atom. The zero-order valence-corrected chi connectivity index (χ0v) is 25.2. The highest BCUT2D eigenvalue weighted by Gasteiger charge is 2.36. The summed E-state index contributed by atoms with van der Waals surface area (Å²) in [6.45, 7) is 5.13. The van der Waals surface area contributed by atoms with Crippen LogP contribution in [0.4, 0.5) is 22.1 Å². The molecule has 5 N–H and O–H groups in total. The van der Waals surface area contributed by atoms with E-state index >= 15 is 0 Å². The number of rotatable bonds is 8. The first-order valence-corrected chi connectivity index (χ1v) is 15.3. The van der Waals surface area contributed by atoms with E-state index < -0.39 is 5.91 Å². The van der Waals surface area contributed by atoms with Crippen LogP contribution in [0.25, 0.3) is 0 Å². The van der Waals surface area contributed by atoms with Gasteiger partial charge in [0.25, 0.3) is 5.91 Å². The number of primary amides is 1. The van der Waals surface area contributed by atoms with Crippen molar-refractivity contribution in [1.29, 1.82) is 0 Å². The smallest absolute Gasteiger partial charge is 0.317 e. The van der Waals surface area contributed by atoms with E-state index in [1.165, 1.54) is 42.3 Å². The number of urea groups is 1. The van der Waals surface area contributed by atoms with E-state index in [4.69, 9.17) is 10.7 Å². The van der Waals surface area contributed by atoms with Crippen molar-refractivity contribution in [1.82, 2.24) is 25.1 Å². The fourth-order valence-electron chi connectivity index (χ4n) is 6.84. The maximum atomic E-state index is 12.3. The monoisotopic (exact) mass is 578 g/mol. The van der Waals surface area contributed by atoms with Crippen molar-refractivity contribution in [3.8, 4) is 0 Å². The first kappa shape index (κ1) is 30.0. The Morgan fingerprint density at radius 2 is 1.76 bits per heavy atom. The quantitative estimate of drug-likeness (QED) is 0.374. The van der Waals surface area contributed by atoms with E-state index in [-0.39, 0.29) is 41.6 Å². The molecule has 2 saturated heterocycles. The van der Waals surface area contributed by atoms with Gasteiger partial charge in [-0.05, 0) is 74.7 Å². The van der Waals surface area contributed by atoms with Gasteiger partial charge in [0.05, 0.1) is 24.9 Å². The lowest BCUT2D eigenvalue weighted by Gasteiger charge is -2.42. The lowest BCUT2D eigenvalue weighted by Crippen LogP contribution is -2.58. The van der Waals surface area contributed by atoms with Crippen LogP contribution in [0.1, 0.15) is 74.3 Å². The fourth-order valence-corrected chi connectivity index (χ4v) is 6.84. The van der Waals surface area contributed by atoms with Gasteiger partial charge in [-0.25, -0.2) is 14.8 Å². The van der Waals surface area contributed by atoms with E-state index in [9.17, 15) is 14.7 Å². The number of carbonyl (C=O) groups excluding carboxylic acids is 2. The zero-order chi connectivity index (χ0) is 29.9. The number of hydrogen-bond donors (Lipinski definition) is 4. The highest BCUT2D eigenvalue weighted by Crippen LogP contribution is 2.38. The summed E-state index contributed by atoms with van der Waals surface area (Å²) in [6.07, 6.45) is 10.8. The third-order valence-corrected chi connectivity index (χ3v) is 9.56. The summed E-state index contributed by atoms with van der Waals surface area (Å²) < 4.78 is 0. The SMILES string of the molecule is CN(C)C(=O)N[C@H]1CCCN(c2cnc(C(N)=O)c(Nc3ccc(C4(C)CCN(C5CCCC5)CC4)cc3)n2)[C@@H]1CO. The number of nitrogens with zero attached hydrogens (tertiary/aromatic N) is 5. The molecule has 3 fully saturated rings. The van der Waals surface area contributed by atoms with E-state index in [0.29, 0.717) is 12.4 Å². The second kappa shape index (κ2) is 12.8. The molecule has 42 heavy (non-hydrogen) atoms. The number of anilines is 3. The van der Waals surface area contributed by atoms with Gasteiger partial charge in [-0.15, -0.1) is 0 Å². The summed E-state index contributed by atoms with van der Waals surface area (Å²) in [5.74, 6) is 0.0895. The largest absolute Gasteiger partial charge is 0.394 e. The topological polar surface area (TPSA) is 140 Å². The molecule has 2 atom stereocenters. The molecule has 0 bridgehead atoms. The molecule has 11 heteroatoms. The maximum absolute atomic E-state index is 12.3. The maximum Gasteiger partial charge on any atom is 0.317 e. The molecule has 0 radical (unpaired) electrons. The van der Waals surface area contributed by atoms with Gasteiger partial charge in [0.15, 0.2) is 11.5 Å². The van der Waals surface area contributed by atoms with Crippen LogP contribution in [-0.4, -0.2) is 95.3 Å². The number of benzene rings is 1. The molecule has 5 rings (SSSR count). The van der Waals surface area contributed by atoms with E-state index in [1.54, 1.807) is 14.1 Å². The number of amides is 3. The van der Waals surface area contributed by atoms with Gasteiger partial charge in [0, 0.05) is 32.4 Å². The molecule has 3 heterocycles. The molecule has 0 spiro atoms. The Bertz CT molecular complexity index is 1240. The van der Waals surface area contributed by atoms with Crippen molar-refractivity contribution in [3.05, 3.63) is 41.7 Å². The third-order valence-electron chi connectivity index (χ3n) is 9.56. The molecule has 3 aliphatic rings. The normalized spacial score (nSPS) is 23.0. The first-order valence-electron chi connectivity index (χ1n) is 15.3. The van der Waals surface area contributed by atoms with Gasteiger partial charge in [-0.3, -0.25) is 4.79 Å². The molecule has 1 saturated carbocycles. The molecule has 2 aromatic rings. The number of likely N-dealkylation sites (tertiary alicyclic amines) is 1. The van der Waals surface area contributed by atoms with Crippen LogP contribution in [-0.2, 0) is 5.41 Å². The minimum Gasteiger partial charge on any atom is -0.394 e.